The quantitative estimate of drug-likeness (QED) is 0.644. The lowest BCUT2D eigenvalue weighted by Crippen LogP contribution is -2.72. The molecule has 3 saturated carbocycles. The number of carbonyl (C=O) groups is 2. The summed E-state index contributed by atoms with van der Waals surface area (Å²) in [6.07, 6.45) is 3.98. The van der Waals surface area contributed by atoms with Gasteiger partial charge in [-0.15, -0.1) is 0 Å². The molecule has 2 spiro atoms. The highest BCUT2D eigenvalue weighted by atomic mass is 16.3. The lowest BCUT2D eigenvalue weighted by Gasteiger charge is -2.61. The first-order chi connectivity index (χ1) is 14.9. The number of rotatable bonds is 3. The van der Waals surface area contributed by atoms with Gasteiger partial charge in [0.2, 0.25) is 0 Å². The van der Waals surface area contributed by atoms with Crippen molar-refractivity contribution >= 4 is 11.9 Å². The average molecular weight is 424 g/mol. The summed E-state index contributed by atoms with van der Waals surface area (Å²) in [7, 11) is 0. The molecule has 7 rings (SSSR count). The van der Waals surface area contributed by atoms with Gasteiger partial charge >= 0.3 is 6.03 Å². The third kappa shape index (κ3) is 1.87. The standard InChI is InChI=1S/C24H29N3O4/c1-2-27-21(30)25-20(29)22(27)7-8-24(31)19-18-15-6-5-14(28)9-16(15)23(24,12-22)17(18)11-26(19)10-13-3-4-13/h5-6,9,13,17-19,28,31H,2-4,7-8,10-12H2,1H3,(H,25,29,30)/t17?,18-,19+,22-,23?,24+/m0/s1. The van der Waals surface area contributed by atoms with E-state index < -0.39 is 16.6 Å². The fourth-order valence-corrected chi connectivity index (χ4v) is 8.60. The fraction of sp³-hybridized carbons (Fsp3) is 0.667. The number of amides is 3. The average Bonchev–Trinajstić information content (AvgIpc) is 3.28. The van der Waals surface area contributed by atoms with Gasteiger partial charge in [0.15, 0.2) is 0 Å². The molecule has 7 heteroatoms. The number of likely N-dealkylation sites (N-methyl/N-ethyl adjacent to an activating group) is 1. The van der Waals surface area contributed by atoms with E-state index in [-0.39, 0.29) is 35.6 Å². The summed E-state index contributed by atoms with van der Waals surface area (Å²) in [6.45, 7) is 4.34. The van der Waals surface area contributed by atoms with E-state index in [1.54, 1.807) is 11.0 Å². The van der Waals surface area contributed by atoms with Crippen molar-refractivity contribution in [3.05, 3.63) is 29.3 Å². The molecule has 7 nitrogen and oxygen atoms in total. The first kappa shape index (κ1) is 18.5. The highest BCUT2D eigenvalue weighted by Gasteiger charge is 2.81. The van der Waals surface area contributed by atoms with Gasteiger partial charge in [-0.1, -0.05) is 6.07 Å². The number of urea groups is 1. The SMILES string of the molecule is CCN1C(=O)NC(=O)[C@@]12CC[C@@]1(O)[C@H]3[C@H]4c5ccc(O)cc5C1(C2)C4CN3CC1CC1. The Labute approximate surface area is 181 Å². The molecule has 4 aliphatic carbocycles. The Kier molecular flexibility index (Phi) is 3.23. The maximum absolute atomic E-state index is 13.2. The molecule has 2 saturated heterocycles. The number of aromatic hydroxyl groups is 1. The van der Waals surface area contributed by atoms with Crippen LogP contribution in [0.25, 0.3) is 0 Å². The van der Waals surface area contributed by atoms with Gasteiger partial charge in [0, 0.05) is 37.0 Å². The number of nitrogens with zero attached hydrogens (tertiary/aromatic N) is 2. The van der Waals surface area contributed by atoms with Crippen LogP contribution >= 0.6 is 0 Å². The number of carbonyl (C=O) groups excluding carboxylic acids is 2. The molecule has 1 aromatic carbocycles. The molecule has 2 aliphatic heterocycles. The van der Waals surface area contributed by atoms with Gasteiger partial charge in [-0.3, -0.25) is 15.0 Å². The highest BCUT2D eigenvalue weighted by molar-refractivity contribution is 6.07. The number of phenols is 1. The Hall–Kier alpha value is -2.12. The zero-order chi connectivity index (χ0) is 21.3. The van der Waals surface area contributed by atoms with Crippen LogP contribution in [0.3, 0.4) is 0 Å². The van der Waals surface area contributed by atoms with E-state index in [4.69, 9.17) is 0 Å². The van der Waals surface area contributed by atoms with E-state index in [1.165, 1.54) is 18.4 Å². The molecular weight excluding hydrogens is 394 g/mol. The lowest BCUT2D eigenvalue weighted by molar-refractivity contribution is -0.162. The van der Waals surface area contributed by atoms with E-state index in [0.29, 0.717) is 25.8 Å². The topological polar surface area (TPSA) is 93.1 Å². The van der Waals surface area contributed by atoms with Crippen LogP contribution in [0.2, 0.25) is 0 Å². The Balaban J connectivity index is 1.41. The monoisotopic (exact) mass is 423 g/mol. The van der Waals surface area contributed by atoms with Crippen molar-refractivity contribution in [1.82, 2.24) is 15.1 Å². The van der Waals surface area contributed by atoms with E-state index in [2.05, 4.69) is 10.2 Å². The van der Waals surface area contributed by atoms with Crippen molar-refractivity contribution < 1.29 is 19.8 Å². The van der Waals surface area contributed by atoms with Crippen LogP contribution in [0.4, 0.5) is 4.79 Å². The summed E-state index contributed by atoms with van der Waals surface area (Å²) < 4.78 is 0. The highest BCUT2D eigenvalue weighted by Crippen LogP contribution is 2.75. The first-order valence-electron chi connectivity index (χ1n) is 11.8. The lowest BCUT2D eigenvalue weighted by atomic mass is 9.51. The minimum atomic E-state index is -0.938. The minimum Gasteiger partial charge on any atom is -0.508 e. The van der Waals surface area contributed by atoms with E-state index in [9.17, 15) is 19.8 Å². The van der Waals surface area contributed by atoms with Crippen molar-refractivity contribution in [2.45, 2.75) is 67.5 Å². The molecule has 6 atom stereocenters. The molecule has 3 amide bonds. The van der Waals surface area contributed by atoms with Crippen LogP contribution in [-0.4, -0.2) is 68.8 Å². The predicted molar refractivity (Wildman–Crippen MR) is 112 cm³/mol. The van der Waals surface area contributed by atoms with Crippen molar-refractivity contribution in [3.63, 3.8) is 0 Å². The number of aliphatic hydroxyl groups is 1. The van der Waals surface area contributed by atoms with Crippen molar-refractivity contribution in [3.8, 4) is 5.75 Å². The van der Waals surface area contributed by atoms with Crippen LogP contribution in [-0.2, 0) is 10.2 Å². The van der Waals surface area contributed by atoms with Gasteiger partial charge in [0.05, 0.1) is 5.60 Å². The van der Waals surface area contributed by atoms with Gasteiger partial charge in [-0.2, -0.15) is 0 Å². The van der Waals surface area contributed by atoms with E-state index >= 15 is 0 Å². The number of hydrogen-bond donors (Lipinski definition) is 3. The Morgan fingerprint density at radius 1 is 1.23 bits per heavy atom. The third-order valence-corrected chi connectivity index (χ3v) is 9.77. The smallest absolute Gasteiger partial charge is 0.325 e. The molecule has 0 radical (unpaired) electrons. The zero-order valence-electron chi connectivity index (χ0n) is 17.8. The molecule has 31 heavy (non-hydrogen) atoms. The molecule has 5 fully saturated rings. The maximum atomic E-state index is 13.2. The van der Waals surface area contributed by atoms with Gasteiger partial charge in [0.25, 0.3) is 5.91 Å². The van der Waals surface area contributed by atoms with Crippen LogP contribution < -0.4 is 5.32 Å². The summed E-state index contributed by atoms with van der Waals surface area (Å²) >= 11 is 0. The van der Waals surface area contributed by atoms with Crippen molar-refractivity contribution in [2.24, 2.45) is 11.8 Å². The molecule has 3 N–H and O–H groups in total. The fourth-order valence-electron chi connectivity index (χ4n) is 8.60. The number of benzene rings is 1. The van der Waals surface area contributed by atoms with Gasteiger partial charge in [-0.05, 0) is 74.1 Å². The van der Waals surface area contributed by atoms with Crippen LogP contribution in [0, 0.1) is 11.8 Å². The van der Waals surface area contributed by atoms with Crippen molar-refractivity contribution in [1.29, 1.82) is 0 Å². The molecular formula is C24H29N3O4. The Bertz CT molecular complexity index is 1040. The molecule has 6 aliphatic rings. The number of piperidine rings is 1. The number of likely N-dealkylation sites (tertiary alicyclic amines) is 1. The molecule has 2 heterocycles. The second-order valence-electron chi connectivity index (χ2n) is 10.9. The summed E-state index contributed by atoms with van der Waals surface area (Å²) in [5.41, 5.74) is -0.228. The second kappa shape index (κ2) is 5.44. The molecule has 2 unspecified atom stereocenters. The predicted octanol–water partition coefficient (Wildman–Crippen LogP) is 1.68. The van der Waals surface area contributed by atoms with Gasteiger partial charge < -0.3 is 15.1 Å². The van der Waals surface area contributed by atoms with E-state index in [0.717, 1.165) is 24.6 Å². The molecule has 4 bridgehead atoms. The van der Waals surface area contributed by atoms with Gasteiger partial charge in [0.1, 0.15) is 11.3 Å². The normalized spacial score (nSPS) is 44.8. The molecule has 1 aromatic rings. The largest absolute Gasteiger partial charge is 0.508 e. The molecule has 0 aromatic heterocycles. The maximum Gasteiger partial charge on any atom is 0.325 e. The van der Waals surface area contributed by atoms with Crippen LogP contribution in [0.1, 0.15) is 56.1 Å². The first-order valence-corrected chi connectivity index (χ1v) is 11.8. The zero-order valence-corrected chi connectivity index (χ0v) is 17.8. The number of phenolic OH excluding ortho intramolecular Hbond substituents is 1. The third-order valence-electron chi connectivity index (χ3n) is 9.77. The second-order valence-corrected chi connectivity index (χ2v) is 10.9. The summed E-state index contributed by atoms with van der Waals surface area (Å²) in [5.74, 6) is 1.16. The molecule has 164 valence electrons. The van der Waals surface area contributed by atoms with Crippen LogP contribution in [0.15, 0.2) is 18.2 Å². The Morgan fingerprint density at radius 2 is 2.03 bits per heavy atom. The summed E-state index contributed by atoms with van der Waals surface area (Å²) in [5, 5.41) is 25.3. The van der Waals surface area contributed by atoms with E-state index in [1.807, 2.05) is 19.1 Å². The number of fused-ring (bicyclic) bond motifs is 2. The van der Waals surface area contributed by atoms with Crippen molar-refractivity contribution in [2.75, 3.05) is 19.6 Å². The number of hydrogen-bond acceptors (Lipinski definition) is 5. The van der Waals surface area contributed by atoms with Crippen LogP contribution in [0.5, 0.6) is 5.75 Å². The summed E-state index contributed by atoms with van der Waals surface area (Å²) in [4.78, 5) is 30.0. The van der Waals surface area contributed by atoms with Gasteiger partial charge in [-0.25, -0.2) is 4.79 Å². The number of nitrogens with one attached hydrogen (secondary N) is 1. The minimum absolute atomic E-state index is 0.0581. The summed E-state index contributed by atoms with van der Waals surface area (Å²) in [6, 6.07) is 5.34. The Morgan fingerprint density at radius 3 is 2.77 bits per heavy atom. The number of imide groups is 1.